The van der Waals surface area contributed by atoms with Crippen molar-refractivity contribution in [3.8, 4) is 0 Å². The van der Waals surface area contributed by atoms with Crippen LogP contribution in [0.5, 0.6) is 0 Å². The van der Waals surface area contributed by atoms with Crippen LogP contribution in [-0.4, -0.2) is 23.5 Å². The number of aryl methyl sites for hydroxylation is 1. The average Bonchev–Trinajstić information content (AvgIpc) is 2.83. The van der Waals surface area contributed by atoms with Gasteiger partial charge in [-0.3, -0.25) is 4.79 Å². The summed E-state index contributed by atoms with van der Waals surface area (Å²) in [5, 5.41) is 2.94. The van der Waals surface area contributed by atoms with Gasteiger partial charge in [0.2, 0.25) is 5.91 Å². The van der Waals surface area contributed by atoms with Crippen molar-refractivity contribution in [2.75, 3.05) is 16.8 Å². The largest absolute Gasteiger partial charge is 0.343 e. The number of amides is 1. The van der Waals surface area contributed by atoms with Gasteiger partial charge in [-0.05, 0) is 31.4 Å². The van der Waals surface area contributed by atoms with Crippen LogP contribution in [0, 0.1) is 6.92 Å². The molecular formula is C13H17N3O. The van der Waals surface area contributed by atoms with E-state index in [0.29, 0.717) is 12.6 Å². The van der Waals surface area contributed by atoms with Gasteiger partial charge in [0.25, 0.3) is 0 Å². The van der Waals surface area contributed by atoms with Gasteiger partial charge in [0.05, 0.1) is 12.2 Å². The molecule has 2 heterocycles. The maximum Gasteiger partial charge on any atom is 0.244 e. The molecule has 1 aliphatic carbocycles. The lowest BCUT2D eigenvalue weighted by Gasteiger charge is -2.35. The Morgan fingerprint density at radius 2 is 2.18 bits per heavy atom. The molecule has 2 aliphatic rings. The molecule has 0 radical (unpaired) electrons. The van der Waals surface area contributed by atoms with Gasteiger partial charge in [0.15, 0.2) is 5.82 Å². The highest BCUT2D eigenvalue weighted by molar-refractivity contribution is 6.01. The molecule has 0 bridgehead atoms. The van der Waals surface area contributed by atoms with E-state index in [9.17, 15) is 4.79 Å². The highest BCUT2D eigenvalue weighted by atomic mass is 16.2. The number of nitrogens with one attached hydrogen (secondary N) is 1. The van der Waals surface area contributed by atoms with Gasteiger partial charge >= 0.3 is 0 Å². The van der Waals surface area contributed by atoms with Gasteiger partial charge in [-0.25, -0.2) is 4.98 Å². The van der Waals surface area contributed by atoms with Crippen LogP contribution in [0.4, 0.5) is 11.5 Å². The lowest BCUT2D eigenvalue weighted by Crippen LogP contribution is -2.44. The normalized spacial score (nSPS) is 20.3. The van der Waals surface area contributed by atoms with Gasteiger partial charge in [-0.1, -0.05) is 12.8 Å². The van der Waals surface area contributed by atoms with Crippen molar-refractivity contribution in [1.82, 2.24) is 4.98 Å². The Kier molecular flexibility index (Phi) is 2.50. The van der Waals surface area contributed by atoms with E-state index < -0.39 is 0 Å². The van der Waals surface area contributed by atoms with Crippen LogP contribution in [0.3, 0.4) is 0 Å². The second-order valence-electron chi connectivity index (χ2n) is 4.94. The number of carbonyl (C=O) groups excluding carboxylic acids is 1. The fraction of sp³-hybridized carbons (Fsp3) is 0.538. The monoisotopic (exact) mass is 231 g/mol. The summed E-state index contributed by atoms with van der Waals surface area (Å²) in [5.41, 5.74) is 1.99. The molecule has 1 aliphatic heterocycles. The number of nitrogens with zero attached hydrogens (tertiary/aromatic N) is 2. The molecular weight excluding hydrogens is 214 g/mol. The number of aromatic nitrogens is 1. The Morgan fingerprint density at radius 1 is 1.41 bits per heavy atom. The number of hydrogen-bond donors (Lipinski definition) is 1. The summed E-state index contributed by atoms with van der Waals surface area (Å²) < 4.78 is 0. The minimum absolute atomic E-state index is 0.0838. The minimum Gasteiger partial charge on any atom is -0.343 e. The predicted molar refractivity (Wildman–Crippen MR) is 67.2 cm³/mol. The van der Waals surface area contributed by atoms with E-state index in [1.165, 1.54) is 25.7 Å². The first kappa shape index (κ1) is 10.6. The van der Waals surface area contributed by atoms with Crippen LogP contribution in [0.2, 0.25) is 0 Å². The summed E-state index contributed by atoms with van der Waals surface area (Å²) >= 11 is 0. The van der Waals surface area contributed by atoms with Crippen LogP contribution >= 0.6 is 0 Å². The third-order valence-electron chi connectivity index (χ3n) is 3.76. The predicted octanol–water partition coefficient (Wildman–Crippen LogP) is 2.09. The summed E-state index contributed by atoms with van der Waals surface area (Å²) in [6, 6.07) is 2.44. The highest BCUT2D eigenvalue weighted by Gasteiger charge is 2.31. The number of carbonyl (C=O) groups is 1. The molecule has 1 aromatic rings. The number of pyridine rings is 1. The molecule has 0 aromatic carbocycles. The molecule has 3 rings (SSSR count). The molecule has 90 valence electrons. The molecule has 1 fully saturated rings. The SMILES string of the molecule is Cc1ccnc2c1NC(=O)CN2C1CCCC1. The molecule has 1 N–H and O–H groups in total. The van der Waals surface area contributed by atoms with E-state index >= 15 is 0 Å². The first-order valence-corrected chi connectivity index (χ1v) is 6.28. The van der Waals surface area contributed by atoms with Crippen molar-refractivity contribution < 1.29 is 4.79 Å². The average molecular weight is 231 g/mol. The van der Waals surface area contributed by atoms with E-state index in [4.69, 9.17) is 0 Å². The lowest BCUT2D eigenvalue weighted by atomic mass is 10.1. The second-order valence-corrected chi connectivity index (χ2v) is 4.94. The fourth-order valence-electron chi connectivity index (χ4n) is 2.84. The van der Waals surface area contributed by atoms with Crippen molar-refractivity contribution in [2.24, 2.45) is 0 Å². The number of anilines is 2. The molecule has 0 saturated heterocycles. The lowest BCUT2D eigenvalue weighted by molar-refractivity contribution is -0.115. The summed E-state index contributed by atoms with van der Waals surface area (Å²) in [6.45, 7) is 2.47. The van der Waals surface area contributed by atoms with Crippen LogP contribution in [0.1, 0.15) is 31.2 Å². The van der Waals surface area contributed by atoms with Gasteiger partial charge in [0, 0.05) is 12.2 Å². The van der Waals surface area contributed by atoms with Gasteiger partial charge in [0.1, 0.15) is 0 Å². The number of fused-ring (bicyclic) bond motifs is 1. The van der Waals surface area contributed by atoms with Crippen molar-refractivity contribution in [1.29, 1.82) is 0 Å². The van der Waals surface area contributed by atoms with Crippen molar-refractivity contribution in [2.45, 2.75) is 38.6 Å². The quantitative estimate of drug-likeness (QED) is 0.805. The van der Waals surface area contributed by atoms with Crippen molar-refractivity contribution in [3.05, 3.63) is 17.8 Å². The third-order valence-corrected chi connectivity index (χ3v) is 3.76. The zero-order chi connectivity index (χ0) is 11.8. The summed E-state index contributed by atoms with van der Waals surface area (Å²) in [4.78, 5) is 18.4. The van der Waals surface area contributed by atoms with Gasteiger partial charge in [-0.2, -0.15) is 0 Å². The van der Waals surface area contributed by atoms with Gasteiger partial charge in [-0.15, -0.1) is 0 Å². The Labute approximate surface area is 101 Å². The zero-order valence-corrected chi connectivity index (χ0v) is 10.1. The third kappa shape index (κ3) is 1.77. The molecule has 4 nitrogen and oxygen atoms in total. The molecule has 0 atom stereocenters. The van der Waals surface area contributed by atoms with Gasteiger partial charge < -0.3 is 10.2 Å². The Morgan fingerprint density at radius 3 is 2.94 bits per heavy atom. The van der Waals surface area contributed by atoms with Crippen LogP contribution in [0.15, 0.2) is 12.3 Å². The molecule has 0 spiro atoms. The van der Waals surface area contributed by atoms with Crippen molar-refractivity contribution in [3.63, 3.8) is 0 Å². The maximum absolute atomic E-state index is 11.8. The van der Waals surface area contributed by atoms with E-state index in [2.05, 4.69) is 15.2 Å². The summed E-state index contributed by atoms with van der Waals surface area (Å²) in [5.74, 6) is 1.04. The zero-order valence-electron chi connectivity index (χ0n) is 10.1. The Balaban J connectivity index is 2.01. The van der Waals surface area contributed by atoms with E-state index in [0.717, 1.165) is 17.1 Å². The topological polar surface area (TPSA) is 45.2 Å². The van der Waals surface area contributed by atoms with Crippen LogP contribution in [-0.2, 0) is 4.79 Å². The van der Waals surface area contributed by atoms with E-state index in [1.54, 1.807) is 0 Å². The molecule has 1 saturated carbocycles. The summed E-state index contributed by atoms with van der Waals surface area (Å²) in [7, 11) is 0. The van der Waals surface area contributed by atoms with E-state index in [1.807, 2.05) is 19.2 Å². The van der Waals surface area contributed by atoms with Crippen molar-refractivity contribution >= 4 is 17.4 Å². The Bertz CT molecular complexity index is 452. The highest BCUT2D eigenvalue weighted by Crippen LogP contribution is 2.35. The first-order valence-electron chi connectivity index (χ1n) is 6.28. The molecule has 0 unspecified atom stereocenters. The Hall–Kier alpha value is -1.58. The molecule has 4 heteroatoms. The molecule has 1 aromatic heterocycles. The van der Waals surface area contributed by atoms with Crippen LogP contribution < -0.4 is 10.2 Å². The fourth-order valence-corrected chi connectivity index (χ4v) is 2.84. The number of hydrogen-bond acceptors (Lipinski definition) is 3. The summed E-state index contributed by atoms with van der Waals surface area (Å²) in [6.07, 6.45) is 6.73. The molecule has 1 amide bonds. The smallest absolute Gasteiger partial charge is 0.244 e. The standard InChI is InChI=1S/C13H17N3O/c1-9-6-7-14-13-12(9)15-11(17)8-16(13)10-4-2-3-5-10/h6-7,10H,2-5,8H2,1H3,(H,15,17). The maximum atomic E-state index is 11.8. The minimum atomic E-state index is 0.0838. The van der Waals surface area contributed by atoms with E-state index in [-0.39, 0.29) is 5.91 Å². The second kappa shape index (κ2) is 4.02. The van der Waals surface area contributed by atoms with Crippen LogP contribution in [0.25, 0.3) is 0 Å². The molecule has 17 heavy (non-hydrogen) atoms. The number of rotatable bonds is 1. The first-order chi connectivity index (χ1) is 8.25.